The molecule has 0 unspecified atom stereocenters. The van der Waals surface area contributed by atoms with Crippen LogP contribution in [-0.2, 0) is 61.9 Å². The van der Waals surface area contributed by atoms with Crippen LogP contribution in [-0.4, -0.2) is 120 Å². The van der Waals surface area contributed by atoms with E-state index in [1.54, 1.807) is 0 Å². The number of carbonyl (C=O) groups excluding carboxylic acids is 5. The standard InChI is InChI=1S/C22H32O16/c1-9(25)31-7-15-16(30)18(33-11(3)27)19(34-12(4)28)21(36-15)38-22(8-24)20(35-13(5)29)17(32-10(2)26)14(6-23)37-22/h14-21,23-24,30H,6-8H2,1-5H3/t14-,15+,16-,17+,18-,19-,20+,21-,22+/m0/s1. The van der Waals surface area contributed by atoms with Gasteiger partial charge in [-0.25, -0.2) is 0 Å². The maximum atomic E-state index is 11.9. The minimum atomic E-state index is -2.39. The lowest BCUT2D eigenvalue weighted by Gasteiger charge is -2.45. The highest BCUT2D eigenvalue weighted by Gasteiger charge is 2.63. The van der Waals surface area contributed by atoms with Gasteiger partial charge in [-0.3, -0.25) is 24.0 Å². The molecule has 0 aromatic rings. The summed E-state index contributed by atoms with van der Waals surface area (Å²) < 4.78 is 42.9. The third kappa shape index (κ3) is 7.58. The molecule has 2 rings (SSSR count). The van der Waals surface area contributed by atoms with Crippen molar-refractivity contribution in [1.29, 1.82) is 0 Å². The Morgan fingerprint density at radius 1 is 0.737 bits per heavy atom. The summed E-state index contributed by atoms with van der Waals surface area (Å²) in [6.07, 6.45) is -12.8. The lowest BCUT2D eigenvalue weighted by atomic mass is 9.98. The number of esters is 5. The zero-order chi connectivity index (χ0) is 28.8. The molecule has 9 atom stereocenters. The monoisotopic (exact) mass is 552 g/mol. The van der Waals surface area contributed by atoms with E-state index in [0.717, 1.165) is 34.6 Å². The van der Waals surface area contributed by atoms with Gasteiger partial charge in [-0.05, 0) is 0 Å². The molecule has 0 radical (unpaired) electrons. The van der Waals surface area contributed by atoms with Crippen LogP contribution in [0.25, 0.3) is 0 Å². The van der Waals surface area contributed by atoms with Gasteiger partial charge in [0.05, 0.1) is 6.61 Å². The van der Waals surface area contributed by atoms with E-state index >= 15 is 0 Å². The maximum Gasteiger partial charge on any atom is 0.303 e. The third-order valence-electron chi connectivity index (χ3n) is 5.43. The molecule has 16 heteroatoms. The number of ether oxygens (including phenoxy) is 8. The van der Waals surface area contributed by atoms with Gasteiger partial charge in [-0.2, -0.15) is 0 Å². The molecule has 38 heavy (non-hydrogen) atoms. The molecule has 216 valence electrons. The van der Waals surface area contributed by atoms with Crippen molar-refractivity contribution in [1.82, 2.24) is 0 Å². The molecule has 16 nitrogen and oxygen atoms in total. The second kappa shape index (κ2) is 13.3. The normalized spacial score (nSPS) is 34.6. The Hall–Kier alpha value is -2.89. The first-order chi connectivity index (χ1) is 17.7. The Balaban J connectivity index is 2.55. The van der Waals surface area contributed by atoms with E-state index in [1.165, 1.54) is 0 Å². The zero-order valence-electron chi connectivity index (χ0n) is 21.4. The van der Waals surface area contributed by atoms with Crippen molar-refractivity contribution in [3.05, 3.63) is 0 Å². The average molecular weight is 552 g/mol. The van der Waals surface area contributed by atoms with Crippen molar-refractivity contribution >= 4 is 29.8 Å². The van der Waals surface area contributed by atoms with Crippen LogP contribution in [0, 0.1) is 0 Å². The Labute approximate surface area is 216 Å². The topological polar surface area (TPSA) is 220 Å². The fraction of sp³-hybridized carbons (Fsp3) is 0.773. The van der Waals surface area contributed by atoms with E-state index in [2.05, 4.69) is 0 Å². The Morgan fingerprint density at radius 3 is 1.74 bits per heavy atom. The van der Waals surface area contributed by atoms with Gasteiger partial charge in [-0.15, -0.1) is 0 Å². The van der Waals surface area contributed by atoms with Gasteiger partial charge >= 0.3 is 29.8 Å². The van der Waals surface area contributed by atoms with Crippen LogP contribution in [0.15, 0.2) is 0 Å². The summed E-state index contributed by atoms with van der Waals surface area (Å²) in [7, 11) is 0. The molecular formula is C22H32O16. The van der Waals surface area contributed by atoms with E-state index in [4.69, 9.17) is 37.9 Å². The second-order valence-electron chi connectivity index (χ2n) is 8.51. The quantitative estimate of drug-likeness (QED) is 0.188. The average Bonchev–Trinajstić information content (AvgIpc) is 3.08. The molecule has 2 fully saturated rings. The van der Waals surface area contributed by atoms with Gasteiger partial charge < -0.3 is 53.2 Å². The largest absolute Gasteiger partial charge is 0.463 e. The van der Waals surface area contributed by atoms with Crippen LogP contribution in [0.4, 0.5) is 0 Å². The first-order valence-electron chi connectivity index (χ1n) is 11.5. The fourth-order valence-corrected chi connectivity index (χ4v) is 4.06. The molecule has 0 bridgehead atoms. The van der Waals surface area contributed by atoms with Crippen LogP contribution in [0.2, 0.25) is 0 Å². The minimum absolute atomic E-state index is 0.559. The highest BCUT2D eigenvalue weighted by Crippen LogP contribution is 2.40. The zero-order valence-corrected chi connectivity index (χ0v) is 21.4. The predicted molar refractivity (Wildman–Crippen MR) is 116 cm³/mol. The lowest BCUT2D eigenvalue weighted by molar-refractivity contribution is -0.384. The summed E-state index contributed by atoms with van der Waals surface area (Å²) in [6, 6.07) is 0. The van der Waals surface area contributed by atoms with E-state index in [1.807, 2.05) is 0 Å². The van der Waals surface area contributed by atoms with Gasteiger partial charge in [0.15, 0.2) is 24.4 Å². The Bertz CT molecular complexity index is 891. The van der Waals surface area contributed by atoms with E-state index < -0.39 is 104 Å². The van der Waals surface area contributed by atoms with Crippen molar-refractivity contribution in [2.75, 3.05) is 19.8 Å². The number of aliphatic hydroxyl groups excluding tert-OH is 3. The van der Waals surface area contributed by atoms with Crippen LogP contribution in [0.3, 0.4) is 0 Å². The summed E-state index contributed by atoms with van der Waals surface area (Å²) in [5.41, 5.74) is 0. The minimum Gasteiger partial charge on any atom is -0.463 e. The maximum absolute atomic E-state index is 11.9. The summed E-state index contributed by atoms with van der Waals surface area (Å²) >= 11 is 0. The van der Waals surface area contributed by atoms with Gasteiger partial charge in [0.2, 0.25) is 12.1 Å². The Morgan fingerprint density at radius 2 is 1.26 bits per heavy atom. The van der Waals surface area contributed by atoms with Crippen molar-refractivity contribution in [3.63, 3.8) is 0 Å². The summed E-state index contributed by atoms with van der Waals surface area (Å²) in [5, 5.41) is 30.9. The van der Waals surface area contributed by atoms with Gasteiger partial charge in [0.1, 0.15) is 31.5 Å². The summed E-state index contributed by atoms with van der Waals surface area (Å²) in [6.45, 7) is 2.76. The smallest absolute Gasteiger partial charge is 0.303 e. The van der Waals surface area contributed by atoms with E-state index in [-0.39, 0.29) is 0 Å². The van der Waals surface area contributed by atoms with Crippen LogP contribution in [0.1, 0.15) is 34.6 Å². The molecule has 0 aliphatic carbocycles. The van der Waals surface area contributed by atoms with Crippen molar-refractivity contribution in [3.8, 4) is 0 Å². The van der Waals surface area contributed by atoms with Gasteiger partial charge in [0.25, 0.3) is 0 Å². The fourth-order valence-electron chi connectivity index (χ4n) is 4.06. The molecule has 0 aromatic carbocycles. The molecule has 2 saturated heterocycles. The number of hydrogen-bond acceptors (Lipinski definition) is 16. The molecule has 2 heterocycles. The lowest BCUT2D eigenvalue weighted by Crippen LogP contribution is -2.65. The molecule has 0 saturated carbocycles. The third-order valence-corrected chi connectivity index (χ3v) is 5.43. The molecule has 3 N–H and O–H groups in total. The highest BCUT2D eigenvalue weighted by atomic mass is 16.8. The second-order valence-corrected chi connectivity index (χ2v) is 8.51. The summed E-state index contributed by atoms with van der Waals surface area (Å²) in [5.74, 6) is -6.67. The molecule has 0 aromatic heterocycles. The number of aliphatic hydroxyl groups is 3. The number of hydrogen-bond donors (Lipinski definition) is 3. The number of carbonyl (C=O) groups is 5. The highest BCUT2D eigenvalue weighted by molar-refractivity contribution is 5.68. The first kappa shape index (κ1) is 31.3. The number of rotatable bonds is 10. The molecule has 0 spiro atoms. The Kier molecular flexibility index (Phi) is 10.9. The summed E-state index contributed by atoms with van der Waals surface area (Å²) in [4.78, 5) is 58.6. The molecule has 0 amide bonds. The van der Waals surface area contributed by atoms with Crippen LogP contribution >= 0.6 is 0 Å². The van der Waals surface area contributed by atoms with Gasteiger partial charge in [-0.1, -0.05) is 0 Å². The molecule has 2 aliphatic rings. The van der Waals surface area contributed by atoms with Crippen LogP contribution < -0.4 is 0 Å². The van der Waals surface area contributed by atoms with Crippen molar-refractivity contribution in [2.24, 2.45) is 0 Å². The molecule has 2 aliphatic heterocycles. The van der Waals surface area contributed by atoms with Crippen LogP contribution in [0.5, 0.6) is 0 Å². The van der Waals surface area contributed by atoms with Crippen molar-refractivity contribution < 1.29 is 77.2 Å². The van der Waals surface area contributed by atoms with E-state index in [0.29, 0.717) is 0 Å². The molecular weight excluding hydrogens is 520 g/mol. The van der Waals surface area contributed by atoms with Crippen molar-refractivity contribution in [2.45, 2.75) is 89.4 Å². The SMILES string of the molecule is CC(=O)OC[C@H]1O[C@@H](O[C@@]2(CO)O[C@@H](CO)[C@@H](OC(C)=O)[C@H]2OC(C)=O)[C@@H](OC(C)=O)[C@@H](OC(C)=O)[C@H]1O. The first-order valence-corrected chi connectivity index (χ1v) is 11.5. The van der Waals surface area contributed by atoms with E-state index in [9.17, 15) is 39.3 Å². The predicted octanol–water partition coefficient (Wildman–Crippen LogP) is -2.54. The van der Waals surface area contributed by atoms with Gasteiger partial charge in [0, 0.05) is 34.6 Å².